The van der Waals surface area contributed by atoms with Crippen molar-refractivity contribution < 1.29 is 19.2 Å². The Kier molecular flexibility index (Phi) is 2.89. The van der Waals surface area contributed by atoms with Gasteiger partial charge in [0.25, 0.3) is 0 Å². The zero-order valence-electron chi connectivity index (χ0n) is 8.97. The average molecular weight is 252 g/mol. The summed E-state index contributed by atoms with van der Waals surface area (Å²) in [5.74, 6) is 0.196. The van der Waals surface area contributed by atoms with E-state index in [9.17, 15) is 14.7 Å². The summed E-state index contributed by atoms with van der Waals surface area (Å²) >= 11 is 0. The van der Waals surface area contributed by atoms with Crippen LogP contribution in [0.2, 0.25) is 0 Å². The first kappa shape index (κ1) is 12.0. The summed E-state index contributed by atoms with van der Waals surface area (Å²) in [6, 6.07) is 15.9. The van der Waals surface area contributed by atoms with Gasteiger partial charge in [-0.25, -0.2) is 0 Å². The molecule has 17 heavy (non-hydrogen) atoms. The summed E-state index contributed by atoms with van der Waals surface area (Å²) < 4.78 is 4.97. The Labute approximate surface area is 99.0 Å². The van der Waals surface area contributed by atoms with Gasteiger partial charge >= 0.3 is 98.4 Å². The fraction of sp³-hybridized carbons (Fsp3) is 0. The second-order valence-electron chi connectivity index (χ2n) is 3.64. The molecule has 2 aromatic rings. The summed E-state index contributed by atoms with van der Waals surface area (Å²) in [6.07, 6.45) is 0. The Morgan fingerprint density at radius 3 is 1.71 bits per heavy atom. The minimum absolute atomic E-state index is 0.0395. The van der Waals surface area contributed by atoms with Crippen LogP contribution in [0.5, 0.6) is 5.75 Å². The van der Waals surface area contributed by atoms with Crippen molar-refractivity contribution in [3.05, 3.63) is 60.7 Å². The number of para-hydroxylation sites is 1. The van der Waals surface area contributed by atoms with E-state index in [-0.39, 0.29) is 11.1 Å². The third kappa shape index (κ3) is 2.81. The SMILES string of the molecule is OP(O)(O)(Oc1ccccc1)c1ccccc1. The van der Waals surface area contributed by atoms with Gasteiger partial charge in [-0.15, -0.1) is 0 Å². The van der Waals surface area contributed by atoms with Crippen molar-refractivity contribution in [2.24, 2.45) is 0 Å². The fourth-order valence-corrected chi connectivity index (χ4v) is 2.73. The van der Waals surface area contributed by atoms with Crippen LogP contribution in [0.4, 0.5) is 0 Å². The van der Waals surface area contributed by atoms with Gasteiger partial charge in [-0.2, -0.15) is 0 Å². The van der Waals surface area contributed by atoms with E-state index in [1.54, 1.807) is 36.4 Å². The van der Waals surface area contributed by atoms with E-state index >= 15 is 0 Å². The van der Waals surface area contributed by atoms with Gasteiger partial charge in [0.05, 0.1) is 0 Å². The number of hydrogen-bond acceptors (Lipinski definition) is 4. The third-order valence-corrected chi connectivity index (χ3v) is 3.97. The molecule has 0 bridgehead atoms. The zero-order valence-corrected chi connectivity index (χ0v) is 9.87. The normalized spacial score (nSPS) is 13.7. The molecule has 2 aromatic carbocycles. The average Bonchev–Trinajstić information content (AvgIpc) is 2.30. The summed E-state index contributed by atoms with van der Waals surface area (Å²) in [5.41, 5.74) is 0. The summed E-state index contributed by atoms with van der Waals surface area (Å²) in [5, 5.41) is -0.0395. The van der Waals surface area contributed by atoms with E-state index in [0.29, 0.717) is 0 Å². The van der Waals surface area contributed by atoms with E-state index in [1.165, 1.54) is 24.3 Å². The van der Waals surface area contributed by atoms with Gasteiger partial charge < -0.3 is 0 Å². The first-order valence-electron chi connectivity index (χ1n) is 5.03. The van der Waals surface area contributed by atoms with Crippen LogP contribution in [0.3, 0.4) is 0 Å². The van der Waals surface area contributed by atoms with E-state index in [4.69, 9.17) is 4.52 Å². The van der Waals surface area contributed by atoms with Crippen molar-refractivity contribution in [3.63, 3.8) is 0 Å². The molecule has 0 spiro atoms. The molecule has 5 heteroatoms. The van der Waals surface area contributed by atoms with Crippen molar-refractivity contribution in [1.29, 1.82) is 0 Å². The molecule has 0 unspecified atom stereocenters. The fourth-order valence-electron chi connectivity index (χ4n) is 1.42. The van der Waals surface area contributed by atoms with E-state index in [2.05, 4.69) is 0 Å². The molecule has 0 aromatic heterocycles. The second kappa shape index (κ2) is 4.09. The predicted molar refractivity (Wildman–Crippen MR) is 66.7 cm³/mol. The van der Waals surface area contributed by atoms with Crippen molar-refractivity contribution in [2.75, 3.05) is 0 Å². The predicted octanol–water partition coefficient (Wildman–Crippen LogP) is 1.58. The van der Waals surface area contributed by atoms with Crippen LogP contribution >= 0.6 is 7.51 Å². The topological polar surface area (TPSA) is 69.9 Å². The molecule has 0 aliphatic carbocycles. The van der Waals surface area contributed by atoms with Crippen molar-refractivity contribution in [1.82, 2.24) is 0 Å². The van der Waals surface area contributed by atoms with Gasteiger partial charge in [-0.3, -0.25) is 0 Å². The molecule has 0 fully saturated rings. The second-order valence-corrected chi connectivity index (χ2v) is 6.15. The molecule has 0 saturated carbocycles. The summed E-state index contributed by atoms with van der Waals surface area (Å²) in [6.45, 7) is 0. The van der Waals surface area contributed by atoms with Crippen molar-refractivity contribution in [2.45, 2.75) is 0 Å². The van der Waals surface area contributed by atoms with Crippen LogP contribution in [0.25, 0.3) is 0 Å². The first-order chi connectivity index (χ1) is 7.96. The van der Waals surface area contributed by atoms with Crippen LogP contribution in [0.1, 0.15) is 0 Å². The Morgan fingerprint density at radius 1 is 0.706 bits per heavy atom. The van der Waals surface area contributed by atoms with E-state index in [1.807, 2.05) is 0 Å². The van der Waals surface area contributed by atoms with Gasteiger partial charge in [0.1, 0.15) is 0 Å². The molecule has 90 valence electrons. The minimum atomic E-state index is -5.30. The van der Waals surface area contributed by atoms with Gasteiger partial charge in [-0.1, -0.05) is 0 Å². The summed E-state index contributed by atoms with van der Waals surface area (Å²) in [4.78, 5) is 29.8. The molecule has 0 amide bonds. The van der Waals surface area contributed by atoms with E-state index in [0.717, 1.165) is 0 Å². The quantitative estimate of drug-likeness (QED) is 0.725. The van der Waals surface area contributed by atoms with Gasteiger partial charge in [-0.05, 0) is 0 Å². The van der Waals surface area contributed by atoms with Gasteiger partial charge in [0.2, 0.25) is 0 Å². The van der Waals surface area contributed by atoms with Crippen LogP contribution in [0.15, 0.2) is 60.7 Å². The monoisotopic (exact) mass is 252 g/mol. The van der Waals surface area contributed by atoms with Crippen LogP contribution in [-0.4, -0.2) is 14.7 Å². The molecule has 3 N–H and O–H groups in total. The number of rotatable bonds is 3. The standard InChI is InChI=1S/C12H13O4P/c13-17(14,15,12-9-5-2-6-10-12)16-11-7-3-1-4-8-11/h1-10,13-15H. The molecular weight excluding hydrogens is 239 g/mol. The molecule has 0 aliphatic heterocycles. The Bertz CT molecular complexity index is 490. The Morgan fingerprint density at radius 2 is 1.18 bits per heavy atom. The summed E-state index contributed by atoms with van der Waals surface area (Å²) in [7, 11) is -5.30. The van der Waals surface area contributed by atoms with Crippen LogP contribution in [-0.2, 0) is 0 Å². The Hall–Kier alpha value is -1.45. The Balaban J connectivity index is 2.35. The van der Waals surface area contributed by atoms with Gasteiger partial charge in [0, 0.05) is 0 Å². The first-order valence-corrected chi connectivity index (χ1v) is 7.04. The number of benzene rings is 2. The molecule has 4 nitrogen and oxygen atoms in total. The molecule has 0 radical (unpaired) electrons. The molecule has 0 aliphatic rings. The number of hydrogen-bond donors (Lipinski definition) is 3. The molecular formula is C12H13O4P. The van der Waals surface area contributed by atoms with Gasteiger partial charge in [0.15, 0.2) is 0 Å². The third-order valence-electron chi connectivity index (χ3n) is 2.22. The maximum atomic E-state index is 9.92. The van der Waals surface area contributed by atoms with E-state index < -0.39 is 7.51 Å². The van der Waals surface area contributed by atoms with Crippen LogP contribution in [0, 0.1) is 0 Å². The molecule has 0 saturated heterocycles. The van der Waals surface area contributed by atoms with Crippen LogP contribution < -0.4 is 9.83 Å². The molecule has 2 rings (SSSR count). The van der Waals surface area contributed by atoms with Crippen molar-refractivity contribution in [3.8, 4) is 5.75 Å². The zero-order chi connectivity index (χ0) is 12.4. The van der Waals surface area contributed by atoms with Crippen molar-refractivity contribution >= 4 is 12.8 Å². The molecule has 0 atom stereocenters. The maximum absolute atomic E-state index is 9.92. The molecule has 0 heterocycles.